The van der Waals surface area contributed by atoms with Gasteiger partial charge in [-0.3, -0.25) is 4.57 Å². The highest BCUT2D eigenvalue weighted by Crippen LogP contribution is 2.32. The average molecular weight is 464 g/mol. The Morgan fingerprint density at radius 2 is 1.97 bits per heavy atom. The van der Waals surface area contributed by atoms with Gasteiger partial charge in [0.25, 0.3) is 0 Å². The van der Waals surface area contributed by atoms with Crippen LogP contribution in [0.5, 0.6) is 0 Å². The minimum absolute atomic E-state index is 0.215. The van der Waals surface area contributed by atoms with Crippen LogP contribution in [-0.2, 0) is 5.75 Å². The molecule has 0 saturated carbocycles. The summed E-state index contributed by atoms with van der Waals surface area (Å²) >= 11 is 14.1. The van der Waals surface area contributed by atoms with Gasteiger partial charge in [-0.05, 0) is 37.6 Å². The number of hydrogen-bond donors (Lipinski definition) is 1. The molecule has 0 radical (unpaired) electrons. The van der Waals surface area contributed by atoms with Gasteiger partial charge in [0.1, 0.15) is 0 Å². The van der Waals surface area contributed by atoms with Crippen molar-refractivity contribution in [3.8, 4) is 5.69 Å². The molecule has 9 heteroatoms. The van der Waals surface area contributed by atoms with Crippen LogP contribution in [0.3, 0.4) is 0 Å². The molecule has 2 aromatic carbocycles. The first kappa shape index (κ1) is 22.5. The fourth-order valence-electron chi connectivity index (χ4n) is 2.87. The number of aromatic nitrogens is 3. The number of carbonyl (C=O) groups excluding carboxylic acids is 1. The lowest BCUT2D eigenvalue weighted by molar-refractivity contribution is 0.213. The molecule has 1 unspecified atom stereocenters. The number of rotatable bonds is 6. The van der Waals surface area contributed by atoms with E-state index in [4.69, 9.17) is 23.2 Å². The van der Waals surface area contributed by atoms with Crippen molar-refractivity contribution in [2.75, 3.05) is 14.1 Å². The standard InChI is InChI=1S/C21H23Cl2N5OS/c1-13-6-5-7-15(10-13)12-30-21-26-25-19(14(2)24-20(29)27(3)4)28(21)18-9-8-16(22)11-17(18)23/h5-11,14H,12H2,1-4H3,(H,24,29). The normalized spacial score (nSPS) is 11.9. The summed E-state index contributed by atoms with van der Waals surface area (Å²) in [5.41, 5.74) is 3.10. The number of benzene rings is 2. The summed E-state index contributed by atoms with van der Waals surface area (Å²) in [4.78, 5) is 13.6. The Bertz CT molecular complexity index is 1050. The first-order valence-electron chi connectivity index (χ1n) is 9.33. The quantitative estimate of drug-likeness (QED) is 0.489. The molecular weight excluding hydrogens is 441 g/mol. The van der Waals surface area contributed by atoms with Gasteiger partial charge in [-0.1, -0.05) is 64.8 Å². The maximum Gasteiger partial charge on any atom is 0.317 e. The van der Waals surface area contributed by atoms with Crippen molar-refractivity contribution in [2.24, 2.45) is 0 Å². The van der Waals surface area contributed by atoms with E-state index in [9.17, 15) is 4.79 Å². The topological polar surface area (TPSA) is 63.1 Å². The summed E-state index contributed by atoms with van der Waals surface area (Å²) in [5, 5.41) is 13.4. The van der Waals surface area contributed by atoms with Crippen LogP contribution in [0.15, 0.2) is 47.6 Å². The number of aryl methyl sites for hydroxylation is 1. The van der Waals surface area contributed by atoms with E-state index in [1.165, 1.54) is 16.0 Å². The van der Waals surface area contributed by atoms with Gasteiger partial charge >= 0.3 is 6.03 Å². The number of amides is 2. The molecule has 3 rings (SSSR count). The highest BCUT2D eigenvalue weighted by molar-refractivity contribution is 7.98. The van der Waals surface area contributed by atoms with Gasteiger partial charge in [-0.25, -0.2) is 4.79 Å². The van der Waals surface area contributed by atoms with Gasteiger partial charge in [-0.15, -0.1) is 10.2 Å². The molecule has 0 aliphatic carbocycles. The van der Waals surface area contributed by atoms with Crippen molar-refractivity contribution < 1.29 is 4.79 Å². The predicted molar refractivity (Wildman–Crippen MR) is 123 cm³/mol. The lowest BCUT2D eigenvalue weighted by Crippen LogP contribution is -2.37. The van der Waals surface area contributed by atoms with Gasteiger partial charge in [0.15, 0.2) is 11.0 Å². The van der Waals surface area contributed by atoms with Gasteiger partial charge in [0.05, 0.1) is 16.8 Å². The van der Waals surface area contributed by atoms with Crippen LogP contribution in [0.1, 0.15) is 29.9 Å². The third kappa shape index (κ3) is 5.28. The number of halogens is 2. The van der Waals surface area contributed by atoms with Gasteiger partial charge in [-0.2, -0.15) is 0 Å². The lowest BCUT2D eigenvalue weighted by atomic mass is 10.2. The van der Waals surface area contributed by atoms with E-state index in [0.717, 1.165) is 5.75 Å². The van der Waals surface area contributed by atoms with E-state index < -0.39 is 0 Å². The van der Waals surface area contributed by atoms with Crippen LogP contribution in [0, 0.1) is 6.92 Å². The molecule has 0 saturated heterocycles. The molecule has 0 fully saturated rings. The van der Waals surface area contributed by atoms with E-state index >= 15 is 0 Å². The molecule has 0 aliphatic heterocycles. The Kier molecular flexibility index (Phi) is 7.28. The summed E-state index contributed by atoms with van der Waals surface area (Å²) in [6.45, 7) is 3.93. The van der Waals surface area contributed by atoms with Crippen molar-refractivity contribution in [3.63, 3.8) is 0 Å². The third-order valence-corrected chi connectivity index (χ3v) is 5.93. The Hall–Kier alpha value is -2.22. The van der Waals surface area contributed by atoms with Gasteiger partial charge < -0.3 is 10.2 Å². The van der Waals surface area contributed by atoms with Crippen molar-refractivity contribution in [1.29, 1.82) is 0 Å². The molecule has 0 aliphatic rings. The largest absolute Gasteiger partial charge is 0.331 e. The maximum absolute atomic E-state index is 12.1. The SMILES string of the molecule is Cc1cccc(CSc2nnc(C(C)NC(=O)N(C)C)n2-c2ccc(Cl)cc2Cl)c1. The Labute approximate surface area is 190 Å². The minimum atomic E-state index is -0.382. The Morgan fingerprint density at radius 1 is 1.20 bits per heavy atom. The second-order valence-electron chi connectivity index (χ2n) is 7.12. The summed E-state index contributed by atoms with van der Waals surface area (Å²) < 4.78 is 1.87. The fourth-order valence-corrected chi connectivity index (χ4v) is 4.26. The second-order valence-corrected chi connectivity index (χ2v) is 8.90. The van der Waals surface area contributed by atoms with E-state index in [2.05, 4.69) is 40.6 Å². The number of urea groups is 1. The van der Waals surface area contributed by atoms with E-state index in [0.29, 0.717) is 26.7 Å². The number of thioether (sulfide) groups is 1. The molecule has 1 aromatic heterocycles. The van der Waals surface area contributed by atoms with Crippen LogP contribution in [0.25, 0.3) is 5.69 Å². The van der Waals surface area contributed by atoms with Crippen molar-refractivity contribution in [2.45, 2.75) is 30.8 Å². The molecule has 1 heterocycles. The zero-order valence-corrected chi connectivity index (χ0v) is 19.5. The summed E-state index contributed by atoms with van der Waals surface area (Å²) in [5.74, 6) is 1.31. The molecule has 0 bridgehead atoms. The predicted octanol–water partition coefficient (Wildman–Crippen LogP) is 5.51. The van der Waals surface area contributed by atoms with Crippen molar-refractivity contribution in [3.05, 3.63) is 69.5 Å². The van der Waals surface area contributed by atoms with Gasteiger partial charge in [0, 0.05) is 24.9 Å². The third-order valence-electron chi connectivity index (χ3n) is 4.39. The Morgan fingerprint density at radius 3 is 2.63 bits per heavy atom. The summed E-state index contributed by atoms with van der Waals surface area (Å²) in [6, 6.07) is 13.0. The molecule has 3 aromatic rings. The number of carbonyl (C=O) groups is 1. The van der Waals surface area contributed by atoms with Gasteiger partial charge in [0.2, 0.25) is 0 Å². The number of hydrogen-bond acceptors (Lipinski definition) is 4. The van der Waals surface area contributed by atoms with Crippen LogP contribution < -0.4 is 5.32 Å². The van der Waals surface area contributed by atoms with Crippen LogP contribution in [-0.4, -0.2) is 39.8 Å². The van der Waals surface area contributed by atoms with Crippen LogP contribution in [0.2, 0.25) is 10.0 Å². The van der Waals surface area contributed by atoms with E-state index in [-0.39, 0.29) is 12.1 Å². The van der Waals surface area contributed by atoms with Crippen molar-refractivity contribution in [1.82, 2.24) is 25.0 Å². The molecule has 30 heavy (non-hydrogen) atoms. The highest BCUT2D eigenvalue weighted by atomic mass is 35.5. The smallest absolute Gasteiger partial charge is 0.317 e. The monoisotopic (exact) mass is 463 g/mol. The first-order valence-corrected chi connectivity index (χ1v) is 11.1. The molecule has 1 N–H and O–H groups in total. The van der Waals surface area contributed by atoms with E-state index in [1.807, 2.05) is 23.6 Å². The minimum Gasteiger partial charge on any atom is -0.331 e. The zero-order valence-electron chi connectivity index (χ0n) is 17.2. The lowest BCUT2D eigenvalue weighted by Gasteiger charge is -2.19. The number of nitrogens with zero attached hydrogens (tertiary/aromatic N) is 4. The van der Waals surface area contributed by atoms with Crippen molar-refractivity contribution >= 4 is 41.0 Å². The number of nitrogens with one attached hydrogen (secondary N) is 1. The average Bonchev–Trinajstić information content (AvgIpc) is 3.10. The fraction of sp³-hybridized carbons (Fsp3) is 0.286. The highest BCUT2D eigenvalue weighted by Gasteiger charge is 2.23. The molecule has 0 spiro atoms. The van der Waals surface area contributed by atoms with E-state index in [1.54, 1.807) is 38.0 Å². The molecule has 6 nitrogen and oxygen atoms in total. The first-order chi connectivity index (χ1) is 14.3. The molecule has 2 amide bonds. The summed E-state index contributed by atoms with van der Waals surface area (Å²) in [6.07, 6.45) is 0. The molecule has 158 valence electrons. The maximum atomic E-state index is 12.1. The van der Waals surface area contributed by atoms with Crippen LogP contribution in [0.4, 0.5) is 4.79 Å². The Balaban J connectivity index is 1.97. The van der Waals surface area contributed by atoms with Crippen LogP contribution >= 0.6 is 35.0 Å². The molecule has 1 atom stereocenters. The summed E-state index contributed by atoms with van der Waals surface area (Å²) in [7, 11) is 3.37. The second kappa shape index (κ2) is 9.73. The zero-order chi connectivity index (χ0) is 21.8. The molecular formula is C21H23Cl2N5OS.